The number of hydrogen-bond acceptors (Lipinski definition) is 5. The molecular formula is C15H20N2O4S2. The second-order valence-corrected chi connectivity index (χ2v) is 9.44. The number of amides is 1. The third-order valence-corrected chi connectivity index (χ3v) is 8.26. The number of piperidine rings is 1. The number of ether oxygens (including phenoxy) is 1. The fourth-order valence-corrected chi connectivity index (χ4v) is 6.34. The number of carbonyl (C=O) groups excluding carboxylic acids is 1. The first-order valence-corrected chi connectivity index (χ1v) is 10.3. The topological polar surface area (TPSA) is 66.9 Å². The van der Waals surface area contributed by atoms with Crippen LogP contribution in [-0.2, 0) is 19.6 Å². The van der Waals surface area contributed by atoms with E-state index in [9.17, 15) is 13.2 Å². The molecule has 0 radical (unpaired) electrons. The SMILES string of the molecule is O=C(C1CC1)N1CCC2(CC1)OCCN2S(=O)(=O)c1cccs1. The highest BCUT2D eigenvalue weighted by Gasteiger charge is 2.51. The Kier molecular flexibility index (Phi) is 3.75. The fourth-order valence-electron chi connectivity index (χ4n) is 3.51. The molecule has 1 aliphatic carbocycles. The van der Waals surface area contributed by atoms with Crippen LogP contribution in [0.5, 0.6) is 0 Å². The highest BCUT2D eigenvalue weighted by Crippen LogP contribution is 2.40. The maximum absolute atomic E-state index is 12.9. The van der Waals surface area contributed by atoms with Gasteiger partial charge in [0, 0.05) is 38.4 Å². The molecule has 8 heteroatoms. The Labute approximate surface area is 140 Å². The van der Waals surface area contributed by atoms with E-state index >= 15 is 0 Å². The molecule has 0 unspecified atom stereocenters. The molecule has 0 N–H and O–H groups in total. The van der Waals surface area contributed by atoms with Gasteiger partial charge >= 0.3 is 0 Å². The summed E-state index contributed by atoms with van der Waals surface area (Å²) in [5.41, 5.74) is -0.775. The molecule has 0 aromatic carbocycles. The lowest BCUT2D eigenvalue weighted by atomic mass is 10.0. The molecule has 6 nitrogen and oxygen atoms in total. The van der Waals surface area contributed by atoms with Gasteiger partial charge in [-0.1, -0.05) is 6.07 Å². The lowest BCUT2D eigenvalue weighted by molar-refractivity contribution is -0.141. The van der Waals surface area contributed by atoms with E-state index in [0.29, 0.717) is 43.3 Å². The molecule has 1 amide bonds. The third-order valence-electron chi connectivity index (χ3n) is 4.94. The summed E-state index contributed by atoms with van der Waals surface area (Å²) in [6.45, 7) is 1.95. The zero-order valence-corrected chi connectivity index (χ0v) is 14.4. The number of carbonyl (C=O) groups is 1. The average molecular weight is 356 g/mol. The van der Waals surface area contributed by atoms with Gasteiger partial charge < -0.3 is 9.64 Å². The zero-order valence-electron chi connectivity index (χ0n) is 12.8. The molecule has 126 valence electrons. The fraction of sp³-hybridized carbons (Fsp3) is 0.667. The molecule has 3 fully saturated rings. The number of hydrogen-bond donors (Lipinski definition) is 0. The molecule has 3 heterocycles. The zero-order chi connectivity index (χ0) is 16.1. The molecule has 2 saturated heterocycles. The quantitative estimate of drug-likeness (QED) is 0.823. The molecule has 4 rings (SSSR count). The van der Waals surface area contributed by atoms with Gasteiger partial charge in [-0.05, 0) is 24.3 Å². The minimum atomic E-state index is -3.52. The smallest absolute Gasteiger partial charge is 0.255 e. The summed E-state index contributed by atoms with van der Waals surface area (Å²) in [6.07, 6.45) is 3.10. The van der Waals surface area contributed by atoms with Crippen LogP contribution in [-0.4, -0.2) is 55.5 Å². The summed E-state index contributed by atoms with van der Waals surface area (Å²) in [4.78, 5) is 14.1. The van der Waals surface area contributed by atoms with E-state index < -0.39 is 15.7 Å². The van der Waals surface area contributed by atoms with Crippen molar-refractivity contribution >= 4 is 27.3 Å². The molecule has 1 saturated carbocycles. The Morgan fingerprint density at radius 3 is 2.61 bits per heavy atom. The van der Waals surface area contributed by atoms with Gasteiger partial charge in [-0.2, -0.15) is 4.31 Å². The largest absolute Gasteiger partial charge is 0.358 e. The van der Waals surface area contributed by atoms with E-state index in [4.69, 9.17) is 4.74 Å². The highest BCUT2D eigenvalue weighted by molar-refractivity contribution is 7.91. The van der Waals surface area contributed by atoms with Crippen LogP contribution < -0.4 is 0 Å². The molecule has 1 aromatic rings. The number of rotatable bonds is 3. The monoisotopic (exact) mass is 356 g/mol. The van der Waals surface area contributed by atoms with Gasteiger partial charge in [0.2, 0.25) is 5.91 Å². The van der Waals surface area contributed by atoms with Crippen LogP contribution in [0.25, 0.3) is 0 Å². The maximum atomic E-state index is 12.9. The van der Waals surface area contributed by atoms with E-state index in [2.05, 4.69) is 0 Å². The average Bonchev–Trinajstić information content (AvgIpc) is 3.07. The maximum Gasteiger partial charge on any atom is 0.255 e. The van der Waals surface area contributed by atoms with Crippen molar-refractivity contribution in [1.29, 1.82) is 0 Å². The minimum Gasteiger partial charge on any atom is -0.358 e. The first kappa shape index (κ1) is 15.6. The summed E-state index contributed by atoms with van der Waals surface area (Å²) in [5, 5.41) is 1.77. The number of sulfonamides is 1. The number of thiophene rings is 1. The van der Waals surface area contributed by atoms with E-state index in [1.807, 2.05) is 4.90 Å². The predicted octanol–water partition coefficient (Wildman–Crippen LogP) is 1.50. The van der Waals surface area contributed by atoms with Crippen LogP contribution in [0, 0.1) is 5.92 Å². The Morgan fingerprint density at radius 1 is 1.26 bits per heavy atom. The minimum absolute atomic E-state index is 0.208. The first-order valence-electron chi connectivity index (χ1n) is 8.02. The Morgan fingerprint density at radius 2 is 2.00 bits per heavy atom. The van der Waals surface area contributed by atoms with Gasteiger partial charge in [0.25, 0.3) is 10.0 Å². The van der Waals surface area contributed by atoms with Crippen LogP contribution in [0.4, 0.5) is 0 Å². The Balaban J connectivity index is 1.53. The second-order valence-electron chi connectivity index (χ2n) is 6.40. The molecule has 0 bridgehead atoms. The van der Waals surface area contributed by atoms with Gasteiger partial charge in [0.05, 0.1) is 6.61 Å². The Bertz CT molecular complexity index is 689. The summed E-state index contributed by atoms with van der Waals surface area (Å²) >= 11 is 1.23. The van der Waals surface area contributed by atoms with Crippen LogP contribution in [0.1, 0.15) is 25.7 Å². The second kappa shape index (κ2) is 5.54. The molecule has 2 aliphatic heterocycles. The van der Waals surface area contributed by atoms with E-state index in [-0.39, 0.29) is 11.8 Å². The highest BCUT2D eigenvalue weighted by atomic mass is 32.2. The summed E-state index contributed by atoms with van der Waals surface area (Å²) < 4.78 is 33.5. The molecule has 1 aromatic heterocycles. The summed E-state index contributed by atoms with van der Waals surface area (Å²) in [5.74, 6) is 0.435. The standard InChI is InChI=1S/C15H20N2O4S2/c18-14(12-3-4-12)16-7-5-15(6-8-16)17(9-10-21-15)23(19,20)13-2-1-11-22-13/h1-2,11-12H,3-10H2. The molecule has 0 atom stereocenters. The van der Waals surface area contributed by atoms with Crippen molar-refractivity contribution in [3.8, 4) is 0 Å². The lowest BCUT2D eigenvalue weighted by Crippen LogP contribution is -2.55. The van der Waals surface area contributed by atoms with Gasteiger partial charge in [0.15, 0.2) is 0 Å². The van der Waals surface area contributed by atoms with E-state index in [1.165, 1.54) is 15.6 Å². The summed E-state index contributed by atoms with van der Waals surface area (Å²) in [6, 6.07) is 3.38. The number of likely N-dealkylation sites (tertiary alicyclic amines) is 1. The van der Waals surface area contributed by atoms with Crippen molar-refractivity contribution in [2.24, 2.45) is 5.92 Å². The van der Waals surface area contributed by atoms with Crippen LogP contribution in [0.2, 0.25) is 0 Å². The molecule has 3 aliphatic rings. The van der Waals surface area contributed by atoms with Gasteiger partial charge in [-0.15, -0.1) is 11.3 Å². The van der Waals surface area contributed by atoms with Crippen LogP contribution >= 0.6 is 11.3 Å². The normalized spacial score (nSPS) is 25.1. The number of nitrogens with zero attached hydrogens (tertiary/aromatic N) is 2. The van der Waals surface area contributed by atoms with Crippen LogP contribution in [0.3, 0.4) is 0 Å². The summed E-state index contributed by atoms with van der Waals surface area (Å²) in [7, 11) is -3.52. The first-order chi connectivity index (χ1) is 11.0. The van der Waals surface area contributed by atoms with Gasteiger partial charge in [-0.3, -0.25) is 4.79 Å². The van der Waals surface area contributed by atoms with Gasteiger partial charge in [0.1, 0.15) is 9.93 Å². The van der Waals surface area contributed by atoms with Crippen molar-refractivity contribution in [2.75, 3.05) is 26.2 Å². The molecular weight excluding hydrogens is 336 g/mol. The van der Waals surface area contributed by atoms with Crippen molar-refractivity contribution < 1.29 is 17.9 Å². The van der Waals surface area contributed by atoms with E-state index in [0.717, 1.165) is 12.8 Å². The van der Waals surface area contributed by atoms with E-state index in [1.54, 1.807) is 17.5 Å². The van der Waals surface area contributed by atoms with Crippen molar-refractivity contribution in [3.63, 3.8) is 0 Å². The third kappa shape index (κ3) is 2.61. The lowest BCUT2D eigenvalue weighted by Gasteiger charge is -2.42. The van der Waals surface area contributed by atoms with Crippen molar-refractivity contribution in [1.82, 2.24) is 9.21 Å². The van der Waals surface area contributed by atoms with Crippen LogP contribution in [0.15, 0.2) is 21.7 Å². The predicted molar refractivity (Wildman–Crippen MR) is 85.4 cm³/mol. The Hall–Kier alpha value is -0.960. The van der Waals surface area contributed by atoms with Gasteiger partial charge in [-0.25, -0.2) is 8.42 Å². The molecule has 23 heavy (non-hydrogen) atoms. The van der Waals surface area contributed by atoms with Crippen molar-refractivity contribution in [3.05, 3.63) is 17.5 Å². The molecule has 1 spiro atoms. The van der Waals surface area contributed by atoms with Crippen molar-refractivity contribution in [2.45, 2.75) is 35.6 Å².